The molecule has 1 amide bonds. The molecule has 0 fully saturated rings. The number of amides is 1. The van der Waals surface area contributed by atoms with Gasteiger partial charge in [-0.25, -0.2) is 14.2 Å². The Labute approximate surface area is 184 Å². The quantitative estimate of drug-likeness (QED) is 0.605. The van der Waals surface area contributed by atoms with Gasteiger partial charge in [-0.15, -0.1) is 11.3 Å². The number of carbonyl (C=O) groups is 1. The molecule has 164 valence electrons. The van der Waals surface area contributed by atoms with E-state index in [1.54, 1.807) is 16.4 Å². The lowest BCUT2D eigenvalue weighted by molar-refractivity contribution is 0.103. The van der Waals surface area contributed by atoms with E-state index in [2.05, 4.69) is 6.92 Å². The monoisotopic (exact) mass is 441 g/mol. The molecule has 31 heavy (non-hydrogen) atoms. The van der Waals surface area contributed by atoms with Gasteiger partial charge in [-0.1, -0.05) is 26.0 Å². The van der Waals surface area contributed by atoms with Crippen LogP contribution in [0.3, 0.4) is 0 Å². The van der Waals surface area contributed by atoms with Crippen molar-refractivity contribution in [1.82, 2.24) is 14.0 Å². The summed E-state index contributed by atoms with van der Waals surface area (Å²) in [5.74, 6) is 0. The largest absolute Gasteiger partial charge is 0.450 e. The molecule has 1 aliphatic heterocycles. The standard InChI is InChI=1S/C23H27N3O4S/c1-4-12-25-21-19(17-11-13-24(14-18(17)31-21)23(29)30-6-3)20(27)26(22(25)28)16-9-7-15(5-2)8-10-16/h7-10H,4-6,11-14H2,1-3H3. The Bertz CT molecular complexity index is 1240. The zero-order valence-corrected chi connectivity index (χ0v) is 19.0. The molecule has 2 aromatic heterocycles. The van der Waals surface area contributed by atoms with Gasteiger partial charge in [-0.05, 0) is 49.4 Å². The lowest BCUT2D eigenvalue weighted by Gasteiger charge is -2.25. The average molecular weight is 442 g/mol. The van der Waals surface area contributed by atoms with Gasteiger partial charge in [-0.3, -0.25) is 9.36 Å². The third-order valence-corrected chi connectivity index (χ3v) is 6.94. The number of nitrogens with zero attached hydrogens (tertiary/aromatic N) is 3. The molecule has 8 heteroatoms. The van der Waals surface area contributed by atoms with E-state index in [9.17, 15) is 14.4 Å². The molecular weight excluding hydrogens is 414 g/mol. The minimum absolute atomic E-state index is 0.279. The van der Waals surface area contributed by atoms with Crippen LogP contribution in [-0.4, -0.2) is 33.3 Å². The fourth-order valence-electron chi connectivity index (χ4n) is 4.11. The lowest BCUT2D eigenvalue weighted by atomic mass is 10.1. The minimum Gasteiger partial charge on any atom is -0.450 e. The first-order valence-corrected chi connectivity index (χ1v) is 11.6. The van der Waals surface area contributed by atoms with E-state index in [-0.39, 0.29) is 17.3 Å². The number of carbonyl (C=O) groups excluding carboxylic acids is 1. The Morgan fingerprint density at radius 1 is 1.13 bits per heavy atom. The van der Waals surface area contributed by atoms with Crippen molar-refractivity contribution >= 4 is 27.6 Å². The van der Waals surface area contributed by atoms with Crippen LogP contribution in [0.1, 0.15) is 43.2 Å². The van der Waals surface area contributed by atoms with E-state index >= 15 is 0 Å². The Morgan fingerprint density at radius 3 is 2.52 bits per heavy atom. The molecular formula is C23H27N3O4S. The van der Waals surface area contributed by atoms with Crippen LogP contribution in [0, 0.1) is 0 Å². The summed E-state index contributed by atoms with van der Waals surface area (Å²) in [6, 6.07) is 7.59. The summed E-state index contributed by atoms with van der Waals surface area (Å²) in [6.07, 6.45) is 1.90. The highest BCUT2D eigenvalue weighted by Crippen LogP contribution is 2.33. The highest BCUT2D eigenvalue weighted by atomic mass is 32.1. The van der Waals surface area contributed by atoms with Crippen molar-refractivity contribution in [1.29, 1.82) is 0 Å². The van der Waals surface area contributed by atoms with Gasteiger partial charge in [-0.2, -0.15) is 0 Å². The van der Waals surface area contributed by atoms with Gasteiger partial charge in [0, 0.05) is 18.0 Å². The number of thiophene rings is 1. The highest BCUT2D eigenvalue weighted by molar-refractivity contribution is 7.18. The van der Waals surface area contributed by atoms with Crippen molar-refractivity contribution in [3.8, 4) is 5.69 Å². The third kappa shape index (κ3) is 3.69. The smallest absolute Gasteiger partial charge is 0.410 e. The molecule has 7 nitrogen and oxygen atoms in total. The second kappa shape index (κ2) is 8.70. The third-order valence-electron chi connectivity index (χ3n) is 5.70. The maximum atomic E-state index is 13.6. The molecule has 0 aliphatic carbocycles. The molecule has 0 unspecified atom stereocenters. The minimum atomic E-state index is -0.343. The molecule has 0 saturated carbocycles. The van der Waals surface area contributed by atoms with E-state index in [1.165, 1.54) is 15.9 Å². The van der Waals surface area contributed by atoms with Crippen LogP contribution in [0.15, 0.2) is 33.9 Å². The van der Waals surface area contributed by atoms with Gasteiger partial charge in [0.2, 0.25) is 0 Å². The first-order valence-electron chi connectivity index (χ1n) is 10.8. The van der Waals surface area contributed by atoms with Crippen LogP contribution in [0.5, 0.6) is 0 Å². The molecule has 0 spiro atoms. The summed E-state index contributed by atoms with van der Waals surface area (Å²) in [7, 11) is 0. The second-order valence-electron chi connectivity index (χ2n) is 7.65. The molecule has 4 rings (SSSR count). The molecule has 0 bridgehead atoms. The number of hydrogen-bond donors (Lipinski definition) is 0. The zero-order valence-electron chi connectivity index (χ0n) is 18.1. The maximum Gasteiger partial charge on any atom is 0.410 e. The van der Waals surface area contributed by atoms with E-state index in [0.29, 0.717) is 48.6 Å². The first kappa shape index (κ1) is 21.4. The fraction of sp³-hybridized carbons (Fsp3) is 0.435. The molecule has 1 aliphatic rings. The molecule has 0 saturated heterocycles. The van der Waals surface area contributed by atoms with Crippen LogP contribution in [0.2, 0.25) is 0 Å². The maximum absolute atomic E-state index is 13.6. The van der Waals surface area contributed by atoms with Crippen molar-refractivity contribution in [3.63, 3.8) is 0 Å². The zero-order chi connectivity index (χ0) is 22.1. The van der Waals surface area contributed by atoms with Crippen molar-refractivity contribution < 1.29 is 9.53 Å². The van der Waals surface area contributed by atoms with Gasteiger partial charge in [0.05, 0.1) is 24.2 Å². The summed E-state index contributed by atoms with van der Waals surface area (Å²) in [6.45, 7) is 7.62. The Morgan fingerprint density at radius 2 is 1.87 bits per heavy atom. The van der Waals surface area contributed by atoms with Crippen molar-refractivity contribution in [2.45, 2.75) is 53.1 Å². The van der Waals surface area contributed by atoms with Crippen LogP contribution in [-0.2, 0) is 30.7 Å². The van der Waals surface area contributed by atoms with Gasteiger partial charge >= 0.3 is 11.8 Å². The second-order valence-corrected chi connectivity index (χ2v) is 8.73. The summed E-state index contributed by atoms with van der Waals surface area (Å²) < 4.78 is 8.15. The van der Waals surface area contributed by atoms with Gasteiger partial charge in [0.15, 0.2) is 0 Å². The number of aromatic nitrogens is 2. The van der Waals surface area contributed by atoms with E-state index < -0.39 is 0 Å². The Hall–Kier alpha value is -2.87. The van der Waals surface area contributed by atoms with Gasteiger partial charge in [0.25, 0.3) is 5.56 Å². The number of benzene rings is 1. The molecule has 0 radical (unpaired) electrons. The summed E-state index contributed by atoms with van der Waals surface area (Å²) in [4.78, 5) is 42.4. The average Bonchev–Trinajstić information content (AvgIpc) is 3.16. The fourth-order valence-corrected chi connectivity index (χ4v) is 5.48. The topological polar surface area (TPSA) is 73.5 Å². The van der Waals surface area contributed by atoms with Crippen molar-refractivity contribution in [2.75, 3.05) is 13.2 Å². The number of hydrogen-bond acceptors (Lipinski definition) is 5. The SMILES string of the molecule is CCCn1c(=O)n(-c2ccc(CC)cc2)c(=O)c2c3c(sc21)CN(C(=O)OCC)CC3. The van der Waals surface area contributed by atoms with Gasteiger partial charge in [0.1, 0.15) is 4.83 Å². The highest BCUT2D eigenvalue weighted by Gasteiger charge is 2.28. The Kier molecular flexibility index (Phi) is 6.00. The summed E-state index contributed by atoms with van der Waals surface area (Å²) in [5, 5.41) is 0.608. The van der Waals surface area contributed by atoms with E-state index in [1.807, 2.05) is 31.2 Å². The van der Waals surface area contributed by atoms with Crippen molar-refractivity contribution in [3.05, 3.63) is 61.1 Å². The molecule has 0 N–H and O–H groups in total. The van der Waals surface area contributed by atoms with Crippen LogP contribution >= 0.6 is 11.3 Å². The van der Waals surface area contributed by atoms with Crippen LogP contribution < -0.4 is 11.2 Å². The lowest BCUT2D eigenvalue weighted by Crippen LogP contribution is -2.39. The normalized spacial score (nSPS) is 13.5. The molecule has 3 aromatic rings. The number of fused-ring (bicyclic) bond motifs is 3. The predicted molar refractivity (Wildman–Crippen MR) is 122 cm³/mol. The predicted octanol–water partition coefficient (Wildman–Crippen LogP) is 3.70. The summed E-state index contributed by atoms with van der Waals surface area (Å²) in [5.41, 5.74) is 2.10. The van der Waals surface area contributed by atoms with E-state index in [0.717, 1.165) is 28.8 Å². The number of rotatable bonds is 5. The number of aryl methyl sites for hydroxylation is 2. The molecule has 0 atom stereocenters. The molecule has 1 aromatic carbocycles. The first-order chi connectivity index (χ1) is 15.0. The van der Waals surface area contributed by atoms with Crippen LogP contribution in [0.4, 0.5) is 4.79 Å². The molecule has 3 heterocycles. The van der Waals surface area contributed by atoms with Crippen molar-refractivity contribution in [2.24, 2.45) is 0 Å². The van der Waals surface area contributed by atoms with E-state index in [4.69, 9.17) is 4.74 Å². The summed E-state index contributed by atoms with van der Waals surface area (Å²) >= 11 is 1.44. The van der Waals surface area contributed by atoms with Gasteiger partial charge < -0.3 is 9.64 Å². The van der Waals surface area contributed by atoms with Crippen LogP contribution in [0.25, 0.3) is 15.9 Å². The Balaban J connectivity index is 1.91. The number of ether oxygens (including phenoxy) is 1.